The third-order valence-corrected chi connectivity index (χ3v) is 4.35. The average molecular weight is 291 g/mol. The third kappa shape index (κ3) is 3.52. The van der Waals surface area contributed by atoms with Gasteiger partial charge in [0.05, 0.1) is 15.1 Å². The topological polar surface area (TPSA) is 68.0 Å². The van der Waals surface area contributed by atoms with Crippen LogP contribution in [0.1, 0.15) is 0 Å². The average Bonchev–Trinajstić information content (AvgIpc) is 3.07. The standard InChI is InChI=1S/C11H7NS2.C2H6N2O/c1-2-5-9-8(4-1)12-11(14-9)10-6-3-7-13-10;1-4-2(3)5/h1-7H;1H3,(H3,3,4,5). The highest BCUT2D eigenvalue weighted by molar-refractivity contribution is 7.25. The fraction of sp³-hybridized carbons (Fsp3) is 0.0769. The van der Waals surface area contributed by atoms with Crippen LogP contribution in [0.4, 0.5) is 4.79 Å². The molecule has 6 heteroatoms. The van der Waals surface area contributed by atoms with Crippen molar-refractivity contribution in [2.45, 2.75) is 0 Å². The van der Waals surface area contributed by atoms with Gasteiger partial charge in [-0.05, 0) is 23.6 Å². The first-order valence-electron chi connectivity index (χ1n) is 5.57. The SMILES string of the molecule is CNC(N)=O.c1csc(-c2nc3ccccc3s2)c1. The molecule has 2 aromatic heterocycles. The molecule has 0 aliphatic rings. The van der Waals surface area contributed by atoms with Crippen molar-refractivity contribution in [3.63, 3.8) is 0 Å². The number of urea groups is 1. The molecule has 3 rings (SSSR count). The van der Waals surface area contributed by atoms with Crippen LogP contribution in [-0.2, 0) is 0 Å². The first-order valence-corrected chi connectivity index (χ1v) is 7.27. The highest BCUT2D eigenvalue weighted by Crippen LogP contribution is 2.32. The number of rotatable bonds is 1. The number of thiophene rings is 1. The van der Waals surface area contributed by atoms with Gasteiger partial charge in [0.2, 0.25) is 0 Å². The first kappa shape index (κ1) is 13.5. The van der Waals surface area contributed by atoms with Crippen molar-refractivity contribution in [2.75, 3.05) is 7.05 Å². The molecule has 19 heavy (non-hydrogen) atoms. The molecule has 0 aliphatic heterocycles. The zero-order chi connectivity index (χ0) is 13.7. The van der Waals surface area contributed by atoms with Crippen LogP contribution >= 0.6 is 22.7 Å². The van der Waals surface area contributed by atoms with E-state index >= 15 is 0 Å². The summed E-state index contributed by atoms with van der Waals surface area (Å²) in [6, 6.07) is 11.9. The fourth-order valence-corrected chi connectivity index (χ4v) is 3.14. The highest BCUT2D eigenvalue weighted by atomic mass is 32.1. The highest BCUT2D eigenvalue weighted by Gasteiger charge is 2.05. The minimum Gasteiger partial charge on any atom is -0.352 e. The Morgan fingerprint density at radius 1 is 1.26 bits per heavy atom. The van der Waals surface area contributed by atoms with Gasteiger partial charge in [0.15, 0.2) is 0 Å². The summed E-state index contributed by atoms with van der Waals surface area (Å²) >= 11 is 3.49. The van der Waals surface area contributed by atoms with Gasteiger partial charge in [0.1, 0.15) is 5.01 Å². The zero-order valence-corrected chi connectivity index (χ0v) is 11.9. The Morgan fingerprint density at radius 3 is 2.58 bits per heavy atom. The Labute approximate surface area is 118 Å². The molecular weight excluding hydrogens is 278 g/mol. The van der Waals surface area contributed by atoms with Crippen molar-refractivity contribution >= 4 is 38.9 Å². The quantitative estimate of drug-likeness (QED) is 0.722. The van der Waals surface area contributed by atoms with E-state index in [-0.39, 0.29) is 0 Å². The van der Waals surface area contributed by atoms with Gasteiger partial charge in [-0.15, -0.1) is 22.7 Å². The summed E-state index contributed by atoms with van der Waals surface area (Å²) in [6.07, 6.45) is 0. The molecule has 0 bridgehead atoms. The summed E-state index contributed by atoms with van der Waals surface area (Å²) in [6.45, 7) is 0. The summed E-state index contributed by atoms with van der Waals surface area (Å²) < 4.78 is 1.26. The van der Waals surface area contributed by atoms with Gasteiger partial charge in [-0.3, -0.25) is 0 Å². The Balaban J connectivity index is 0.000000232. The zero-order valence-electron chi connectivity index (χ0n) is 10.3. The Bertz CT molecular complexity index is 628. The van der Waals surface area contributed by atoms with Gasteiger partial charge in [-0.25, -0.2) is 9.78 Å². The van der Waals surface area contributed by atoms with Crippen LogP contribution in [0.5, 0.6) is 0 Å². The monoisotopic (exact) mass is 291 g/mol. The van der Waals surface area contributed by atoms with Crippen LogP contribution in [0, 0.1) is 0 Å². The predicted molar refractivity (Wildman–Crippen MR) is 81.6 cm³/mol. The number of thiazole rings is 1. The lowest BCUT2D eigenvalue weighted by Crippen LogP contribution is -2.24. The number of nitrogens with one attached hydrogen (secondary N) is 1. The van der Waals surface area contributed by atoms with Crippen LogP contribution in [0.25, 0.3) is 20.1 Å². The van der Waals surface area contributed by atoms with E-state index in [1.54, 1.807) is 22.7 Å². The molecule has 98 valence electrons. The van der Waals surface area contributed by atoms with E-state index in [9.17, 15) is 4.79 Å². The molecule has 2 heterocycles. The second-order valence-corrected chi connectivity index (χ2v) is 5.56. The molecule has 0 spiro atoms. The number of nitrogens with zero attached hydrogens (tertiary/aromatic N) is 1. The van der Waals surface area contributed by atoms with Crippen molar-refractivity contribution in [1.29, 1.82) is 0 Å². The van der Waals surface area contributed by atoms with Crippen molar-refractivity contribution < 1.29 is 4.79 Å². The molecule has 3 N–H and O–H groups in total. The first-order chi connectivity index (χ1) is 9.20. The molecule has 0 aliphatic carbocycles. The Kier molecular flexibility index (Phi) is 4.48. The van der Waals surface area contributed by atoms with Crippen LogP contribution in [0.2, 0.25) is 0 Å². The number of carbonyl (C=O) groups excluding carboxylic acids is 1. The number of benzene rings is 1. The van der Waals surface area contributed by atoms with Crippen LogP contribution in [-0.4, -0.2) is 18.1 Å². The van der Waals surface area contributed by atoms with E-state index in [1.807, 2.05) is 6.07 Å². The van der Waals surface area contributed by atoms with E-state index < -0.39 is 6.03 Å². The maximum absolute atomic E-state index is 9.48. The summed E-state index contributed by atoms with van der Waals surface area (Å²) in [4.78, 5) is 15.3. The predicted octanol–water partition coefficient (Wildman–Crippen LogP) is 3.31. The number of aromatic nitrogens is 1. The van der Waals surface area contributed by atoms with Gasteiger partial charge in [-0.2, -0.15) is 0 Å². The van der Waals surface area contributed by atoms with E-state index in [1.165, 1.54) is 16.6 Å². The lowest BCUT2D eigenvalue weighted by Gasteiger charge is -1.84. The lowest BCUT2D eigenvalue weighted by atomic mass is 10.3. The van der Waals surface area contributed by atoms with Gasteiger partial charge >= 0.3 is 6.03 Å². The van der Waals surface area contributed by atoms with Crippen LogP contribution < -0.4 is 11.1 Å². The molecule has 0 saturated heterocycles. The summed E-state index contributed by atoms with van der Waals surface area (Å²) in [5.74, 6) is 0. The molecule has 0 unspecified atom stereocenters. The Hall–Kier alpha value is -1.92. The lowest BCUT2D eigenvalue weighted by molar-refractivity contribution is 0.251. The number of para-hydroxylation sites is 1. The van der Waals surface area contributed by atoms with E-state index in [4.69, 9.17) is 0 Å². The summed E-state index contributed by atoms with van der Waals surface area (Å²) in [5, 5.41) is 5.38. The van der Waals surface area contributed by atoms with Gasteiger partial charge < -0.3 is 11.1 Å². The molecule has 0 saturated carbocycles. The second-order valence-electron chi connectivity index (χ2n) is 3.58. The molecule has 2 amide bonds. The van der Waals surface area contributed by atoms with Crippen LogP contribution in [0.3, 0.4) is 0 Å². The van der Waals surface area contributed by atoms with Gasteiger partial charge in [0, 0.05) is 7.05 Å². The number of carbonyl (C=O) groups is 1. The smallest absolute Gasteiger partial charge is 0.311 e. The van der Waals surface area contributed by atoms with E-state index in [0.29, 0.717) is 0 Å². The number of nitrogens with two attached hydrogens (primary N) is 1. The third-order valence-electron chi connectivity index (χ3n) is 2.27. The van der Waals surface area contributed by atoms with E-state index in [2.05, 4.69) is 51.7 Å². The Morgan fingerprint density at radius 2 is 2.00 bits per heavy atom. The number of fused-ring (bicyclic) bond motifs is 1. The van der Waals surface area contributed by atoms with E-state index in [0.717, 1.165) is 10.5 Å². The molecule has 0 fully saturated rings. The van der Waals surface area contributed by atoms with Crippen molar-refractivity contribution in [2.24, 2.45) is 5.73 Å². The van der Waals surface area contributed by atoms with Gasteiger partial charge in [-0.1, -0.05) is 18.2 Å². The number of hydrogen-bond acceptors (Lipinski definition) is 4. The number of primary amides is 1. The van der Waals surface area contributed by atoms with Crippen LogP contribution in [0.15, 0.2) is 41.8 Å². The molecular formula is C13H13N3OS2. The summed E-state index contributed by atoms with van der Waals surface area (Å²) in [5.41, 5.74) is 5.64. The van der Waals surface area contributed by atoms with Gasteiger partial charge in [0.25, 0.3) is 0 Å². The summed E-state index contributed by atoms with van der Waals surface area (Å²) in [7, 11) is 1.47. The van der Waals surface area contributed by atoms with Crippen molar-refractivity contribution in [1.82, 2.24) is 10.3 Å². The van der Waals surface area contributed by atoms with Crippen molar-refractivity contribution in [3.8, 4) is 9.88 Å². The van der Waals surface area contributed by atoms with Crippen molar-refractivity contribution in [3.05, 3.63) is 41.8 Å². The maximum Gasteiger partial charge on any atom is 0.311 e. The number of amides is 2. The second kappa shape index (κ2) is 6.31. The largest absolute Gasteiger partial charge is 0.352 e. The maximum atomic E-state index is 9.48. The molecule has 0 radical (unpaired) electrons. The normalized spacial score (nSPS) is 9.74. The number of hydrogen-bond donors (Lipinski definition) is 2. The molecule has 0 atom stereocenters. The molecule has 1 aromatic carbocycles. The molecule has 3 aromatic rings. The fourth-order valence-electron chi connectivity index (χ4n) is 1.38. The molecule has 4 nitrogen and oxygen atoms in total. The minimum absolute atomic E-state index is 0.495. The minimum atomic E-state index is -0.495.